The molecule has 110 valence electrons. The van der Waals surface area contributed by atoms with E-state index in [0.29, 0.717) is 6.42 Å². The van der Waals surface area contributed by atoms with E-state index in [-0.39, 0.29) is 5.91 Å². The number of hydrogen-bond acceptors (Lipinski definition) is 2. The zero-order valence-corrected chi connectivity index (χ0v) is 12.6. The van der Waals surface area contributed by atoms with Crippen LogP contribution in [0.15, 0.2) is 42.5 Å². The summed E-state index contributed by atoms with van der Waals surface area (Å²) in [5, 5.41) is 3.05. The first kappa shape index (κ1) is 15.1. The van der Waals surface area contributed by atoms with Gasteiger partial charge in [-0.25, -0.2) is 0 Å². The highest BCUT2D eigenvalue weighted by molar-refractivity contribution is 5.92. The standard InChI is InChI=1S/C18H22N2O/c1-3-15-6-4-5-13(2)18(15)20-17(21)12-9-14-7-10-16(19)11-8-14/h4-8,10-11H,3,9,12,19H2,1-2H3,(H,20,21). The van der Waals surface area contributed by atoms with Crippen LogP contribution >= 0.6 is 0 Å². The van der Waals surface area contributed by atoms with E-state index >= 15 is 0 Å². The molecule has 0 atom stereocenters. The average molecular weight is 282 g/mol. The Labute approximate surface area is 126 Å². The molecule has 2 aromatic carbocycles. The van der Waals surface area contributed by atoms with E-state index in [1.807, 2.05) is 43.3 Å². The van der Waals surface area contributed by atoms with E-state index in [0.717, 1.165) is 35.3 Å². The lowest BCUT2D eigenvalue weighted by Crippen LogP contribution is -2.14. The SMILES string of the molecule is CCc1cccc(C)c1NC(=O)CCc1ccc(N)cc1. The van der Waals surface area contributed by atoms with Gasteiger partial charge in [0.2, 0.25) is 5.91 Å². The first-order valence-electron chi connectivity index (χ1n) is 7.33. The average Bonchev–Trinajstić information content (AvgIpc) is 2.49. The number of carbonyl (C=O) groups excluding carboxylic acids is 1. The molecule has 21 heavy (non-hydrogen) atoms. The minimum atomic E-state index is 0.0517. The van der Waals surface area contributed by atoms with E-state index in [9.17, 15) is 4.79 Å². The first-order valence-corrected chi connectivity index (χ1v) is 7.33. The summed E-state index contributed by atoms with van der Waals surface area (Å²) >= 11 is 0. The lowest BCUT2D eigenvalue weighted by atomic mass is 10.0. The number of amides is 1. The Balaban J connectivity index is 1.97. The Morgan fingerprint density at radius 2 is 1.86 bits per heavy atom. The molecule has 2 rings (SSSR count). The van der Waals surface area contributed by atoms with E-state index in [2.05, 4.69) is 18.3 Å². The Hall–Kier alpha value is -2.29. The van der Waals surface area contributed by atoms with Crippen molar-refractivity contribution >= 4 is 17.3 Å². The third kappa shape index (κ3) is 4.09. The van der Waals surface area contributed by atoms with Gasteiger partial charge in [-0.3, -0.25) is 4.79 Å². The maximum absolute atomic E-state index is 12.1. The Morgan fingerprint density at radius 1 is 1.14 bits per heavy atom. The van der Waals surface area contributed by atoms with Crippen LogP contribution in [-0.4, -0.2) is 5.91 Å². The van der Waals surface area contributed by atoms with E-state index in [4.69, 9.17) is 5.73 Å². The van der Waals surface area contributed by atoms with Gasteiger partial charge in [-0.05, 0) is 48.6 Å². The normalized spacial score (nSPS) is 10.4. The summed E-state index contributed by atoms with van der Waals surface area (Å²) in [6, 6.07) is 13.8. The molecule has 1 amide bonds. The summed E-state index contributed by atoms with van der Waals surface area (Å²) in [6.07, 6.45) is 2.11. The van der Waals surface area contributed by atoms with Crippen molar-refractivity contribution in [2.75, 3.05) is 11.1 Å². The van der Waals surface area contributed by atoms with Crippen LogP contribution in [0.1, 0.15) is 30.0 Å². The summed E-state index contributed by atoms with van der Waals surface area (Å²) in [5.74, 6) is 0.0517. The van der Waals surface area contributed by atoms with Crippen LogP contribution in [0, 0.1) is 6.92 Å². The first-order chi connectivity index (χ1) is 10.1. The Morgan fingerprint density at radius 3 is 2.52 bits per heavy atom. The molecule has 3 heteroatoms. The molecule has 0 radical (unpaired) electrons. The van der Waals surface area contributed by atoms with Gasteiger partial charge < -0.3 is 11.1 Å². The van der Waals surface area contributed by atoms with Crippen molar-refractivity contribution in [2.24, 2.45) is 0 Å². The van der Waals surface area contributed by atoms with Crippen molar-refractivity contribution in [3.63, 3.8) is 0 Å². The summed E-state index contributed by atoms with van der Waals surface area (Å²) in [6.45, 7) is 4.12. The van der Waals surface area contributed by atoms with E-state index in [1.165, 1.54) is 5.56 Å². The second-order valence-corrected chi connectivity index (χ2v) is 5.25. The predicted molar refractivity (Wildman–Crippen MR) is 88.4 cm³/mol. The molecule has 3 N–H and O–H groups in total. The molecule has 0 bridgehead atoms. The Bertz CT molecular complexity index is 618. The molecule has 0 fully saturated rings. The quantitative estimate of drug-likeness (QED) is 0.821. The van der Waals surface area contributed by atoms with Crippen LogP contribution in [0.3, 0.4) is 0 Å². The van der Waals surface area contributed by atoms with Gasteiger partial charge in [-0.1, -0.05) is 37.3 Å². The van der Waals surface area contributed by atoms with Crippen LogP contribution in [0.5, 0.6) is 0 Å². The molecule has 2 aromatic rings. The number of nitrogens with one attached hydrogen (secondary N) is 1. The number of carbonyl (C=O) groups is 1. The summed E-state index contributed by atoms with van der Waals surface area (Å²) in [4.78, 5) is 12.1. The topological polar surface area (TPSA) is 55.1 Å². The van der Waals surface area contributed by atoms with E-state index < -0.39 is 0 Å². The highest BCUT2D eigenvalue weighted by atomic mass is 16.1. The van der Waals surface area contributed by atoms with Crippen LogP contribution in [0.25, 0.3) is 0 Å². The maximum atomic E-state index is 12.1. The number of hydrogen-bond donors (Lipinski definition) is 2. The predicted octanol–water partition coefficient (Wildman–Crippen LogP) is 3.71. The summed E-state index contributed by atoms with van der Waals surface area (Å²) in [7, 11) is 0. The molecular weight excluding hydrogens is 260 g/mol. The molecule has 0 unspecified atom stereocenters. The molecule has 0 aliphatic heterocycles. The second-order valence-electron chi connectivity index (χ2n) is 5.25. The number of benzene rings is 2. The van der Waals surface area contributed by atoms with Gasteiger partial charge in [-0.2, -0.15) is 0 Å². The lowest BCUT2D eigenvalue weighted by Gasteiger charge is -2.13. The van der Waals surface area contributed by atoms with Crippen LogP contribution in [0.4, 0.5) is 11.4 Å². The largest absolute Gasteiger partial charge is 0.399 e. The molecule has 0 saturated heterocycles. The molecule has 3 nitrogen and oxygen atoms in total. The van der Waals surface area contributed by atoms with Crippen molar-refractivity contribution in [1.82, 2.24) is 0 Å². The summed E-state index contributed by atoms with van der Waals surface area (Å²) in [5.41, 5.74) is 10.8. The molecular formula is C18H22N2O. The van der Waals surface area contributed by atoms with Crippen molar-refractivity contribution < 1.29 is 4.79 Å². The number of nitrogens with two attached hydrogens (primary N) is 1. The van der Waals surface area contributed by atoms with Crippen LogP contribution in [-0.2, 0) is 17.6 Å². The fourth-order valence-electron chi connectivity index (χ4n) is 2.35. The minimum absolute atomic E-state index is 0.0517. The third-order valence-electron chi connectivity index (χ3n) is 3.62. The van der Waals surface area contributed by atoms with Crippen molar-refractivity contribution in [3.05, 3.63) is 59.2 Å². The van der Waals surface area contributed by atoms with Gasteiger partial charge in [0.1, 0.15) is 0 Å². The number of anilines is 2. The minimum Gasteiger partial charge on any atom is -0.399 e. The monoisotopic (exact) mass is 282 g/mol. The van der Waals surface area contributed by atoms with Gasteiger partial charge in [0.15, 0.2) is 0 Å². The molecule has 0 aliphatic carbocycles. The zero-order valence-electron chi connectivity index (χ0n) is 12.6. The molecule has 0 spiro atoms. The third-order valence-corrected chi connectivity index (χ3v) is 3.62. The molecule has 0 heterocycles. The highest BCUT2D eigenvalue weighted by Gasteiger charge is 2.08. The molecule has 0 aromatic heterocycles. The van der Waals surface area contributed by atoms with Crippen LogP contribution in [0.2, 0.25) is 0 Å². The lowest BCUT2D eigenvalue weighted by molar-refractivity contribution is -0.116. The highest BCUT2D eigenvalue weighted by Crippen LogP contribution is 2.21. The number of rotatable bonds is 5. The molecule has 0 aliphatic rings. The van der Waals surface area contributed by atoms with Crippen LogP contribution < -0.4 is 11.1 Å². The maximum Gasteiger partial charge on any atom is 0.224 e. The van der Waals surface area contributed by atoms with Crippen molar-refractivity contribution in [2.45, 2.75) is 33.1 Å². The van der Waals surface area contributed by atoms with Crippen molar-refractivity contribution in [3.8, 4) is 0 Å². The number of para-hydroxylation sites is 1. The van der Waals surface area contributed by atoms with Gasteiger partial charge >= 0.3 is 0 Å². The fraction of sp³-hybridized carbons (Fsp3) is 0.278. The smallest absolute Gasteiger partial charge is 0.224 e. The zero-order chi connectivity index (χ0) is 15.2. The number of aryl methyl sites for hydroxylation is 3. The summed E-state index contributed by atoms with van der Waals surface area (Å²) < 4.78 is 0. The Kier molecular flexibility index (Phi) is 4.99. The fourth-order valence-corrected chi connectivity index (χ4v) is 2.35. The van der Waals surface area contributed by atoms with Crippen molar-refractivity contribution in [1.29, 1.82) is 0 Å². The van der Waals surface area contributed by atoms with Gasteiger partial charge in [-0.15, -0.1) is 0 Å². The molecule has 0 saturated carbocycles. The van der Waals surface area contributed by atoms with Gasteiger partial charge in [0.05, 0.1) is 0 Å². The second kappa shape index (κ2) is 6.93. The van der Waals surface area contributed by atoms with Gasteiger partial charge in [0.25, 0.3) is 0 Å². The van der Waals surface area contributed by atoms with E-state index in [1.54, 1.807) is 0 Å². The van der Waals surface area contributed by atoms with Gasteiger partial charge in [0, 0.05) is 17.8 Å². The number of nitrogen functional groups attached to an aromatic ring is 1.